The van der Waals surface area contributed by atoms with E-state index in [9.17, 15) is 4.79 Å². The molecule has 1 unspecified atom stereocenters. The molecule has 47 heavy (non-hydrogen) atoms. The number of piperidine rings is 1. The van der Waals surface area contributed by atoms with Gasteiger partial charge in [-0.05, 0) is 71.1 Å². The SMILES string of the molecule is CC(C)(C)OC(=O)N1CCCC2(C1)CN(c1ncc(-c3nn(C4CCCCO4)c4ccc(OCc5c(Cl)cncc5Cl)cc34)cn1)C2. The van der Waals surface area contributed by atoms with Crippen molar-refractivity contribution in [2.45, 2.75) is 71.3 Å². The van der Waals surface area contributed by atoms with Gasteiger partial charge in [-0.15, -0.1) is 0 Å². The Labute approximate surface area is 284 Å². The van der Waals surface area contributed by atoms with Crippen LogP contribution < -0.4 is 9.64 Å². The fourth-order valence-corrected chi connectivity index (χ4v) is 7.22. The minimum Gasteiger partial charge on any atom is -0.489 e. The van der Waals surface area contributed by atoms with E-state index in [4.69, 9.17) is 52.5 Å². The van der Waals surface area contributed by atoms with Gasteiger partial charge >= 0.3 is 6.09 Å². The first-order valence-corrected chi connectivity index (χ1v) is 16.9. The van der Waals surface area contributed by atoms with Crippen molar-refractivity contribution in [2.24, 2.45) is 5.41 Å². The molecular formula is C34H39Cl2N7O4. The quantitative estimate of drug-likeness (QED) is 0.207. The van der Waals surface area contributed by atoms with Gasteiger partial charge in [0.05, 0.1) is 15.6 Å². The minimum absolute atomic E-state index is 0.0350. The zero-order chi connectivity index (χ0) is 32.8. The number of amides is 1. The van der Waals surface area contributed by atoms with E-state index in [1.807, 2.05) is 60.9 Å². The number of anilines is 1. The van der Waals surface area contributed by atoms with Crippen LogP contribution in [-0.2, 0) is 16.1 Å². The van der Waals surface area contributed by atoms with Crippen molar-refractivity contribution in [1.29, 1.82) is 0 Å². The van der Waals surface area contributed by atoms with Gasteiger partial charge in [0.25, 0.3) is 0 Å². The lowest BCUT2D eigenvalue weighted by Gasteiger charge is -2.54. The predicted molar refractivity (Wildman–Crippen MR) is 180 cm³/mol. The van der Waals surface area contributed by atoms with E-state index in [2.05, 4.69) is 9.88 Å². The van der Waals surface area contributed by atoms with Crippen LogP contribution in [0.15, 0.2) is 43.0 Å². The number of hydrogen-bond donors (Lipinski definition) is 0. The molecule has 11 nitrogen and oxygen atoms in total. The topological polar surface area (TPSA) is 108 Å². The first-order chi connectivity index (χ1) is 22.6. The summed E-state index contributed by atoms with van der Waals surface area (Å²) >= 11 is 12.7. The minimum atomic E-state index is -0.509. The molecule has 3 aliphatic heterocycles. The van der Waals surface area contributed by atoms with Crippen molar-refractivity contribution in [3.63, 3.8) is 0 Å². The maximum absolute atomic E-state index is 12.7. The van der Waals surface area contributed by atoms with Crippen LogP contribution in [0.3, 0.4) is 0 Å². The molecule has 4 aromatic rings. The van der Waals surface area contributed by atoms with Crippen molar-refractivity contribution < 1.29 is 19.0 Å². The van der Waals surface area contributed by atoms with Crippen molar-refractivity contribution in [3.8, 4) is 17.0 Å². The number of rotatable bonds is 6. The predicted octanol–water partition coefficient (Wildman–Crippen LogP) is 7.31. The van der Waals surface area contributed by atoms with Gasteiger partial charge in [-0.2, -0.15) is 5.10 Å². The first kappa shape index (κ1) is 31.9. The number of nitrogens with zero attached hydrogens (tertiary/aromatic N) is 7. The van der Waals surface area contributed by atoms with Crippen LogP contribution in [0.1, 0.15) is 64.7 Å². The van der Waals surface area contributed by atoms with E-state index in [1.54, 1.807) is 12.4 Å². The van der Waals surface area contributed by atoms with Gasteiger partial charge < -0.3 is 24.0 Å². The summed E-state index contributed by atoms with van der Waals surface area (Å²) in [6.45, 7) is 9.63. The second-order valence-corrected chi connectivity index (χ2v) is 14.6. The Bertz CT molecular complexity index is 1740. The average molecular weight is 681 g/mol. The molecule has 0 bridgehead atoms. The molecule has 1 atom stereocenters. The number of carbonyl (C=O) groups excluding carboxylic acids is 1. The van der Waals surface area contributed by atoms with Crippen LogP contribution in [0.2, 0.25) is 10.0 Å². The number of hydrogen-bond acceptors (Lipinski definition) is 9. The molecule has 1 amide bonds. The van der Waals surface area contributed by atoms with Crippen molar-refractivity contribution in [1.82, 2.24) is 29.6 Å². The van der Waals surface area contributed by atoms with E-state index in [0.29, 0.717) is 40.5 Å². The summed E-state index contributed by atoms with van der Waals surface area (Å²) in [4.78, 5) is 30.3. The Kier molecular flexibility index (Phi) is 8.65. The summed E-state index contributed by atoms with van der Waals surface area (Å²) < 4.78 is 19.9. The van der Waals surface area contributed by atoms with E-state index >= 15 is 0 Å². The van der Waals surface area contributed by atoms with Gasteiger partial charge in [0.15, 0.2) is 6.23 Å². The van der Waals surface area contributed by atoms with E-state index in [-0.39, 0.29) is 24.3 Å². The maximum atomic E-state index is 12.7. The zero-order valence-corrected chi connectivity index (χ0v) is 28.4. The summed E-state index contributed by atoms with van der Waals surface area (Å²) in [6, 6.07) is 5.91. The Morgan fingerprint density at radius 1 is 1.04 bits per heavy atom. The number of fused-ring (bicyclic) bond motifs is 1. The Balaban J connectivity index is 1.10. The molecule has 248 valence electrons. The zero-order valence-electron chi connectivity index (χ0n) is 26.9. The van der Waals surface area contributed by atoms with Crippen LogP contribution in [-0.4, -0.2) is 74.1 Å². The van der Waals surface area contributed by atoms with Gasteiger partial charge in [0.1, 0.15) is 23.7 Å². The Morgan fingerprint density at radius 3 is 2.51 bits per heavy atom. The largest absolute Gasteiger partial charge is 0.489 e. The summed E-state index contributed by atoms with van der Waals surface area (Å²) in [5.41, 5.74) is 2.71. The highest BCUT2D eigenvalue weighted by atomic mass is 35.5. The average Bonchev–Trinajstić information content (AvgIpc) is 3.42. The van der Waals surface area contributed by atoms with Crippen LogP contribution in [0.5, 0.6) is 5.75 Å². The molecule has 1 spiro atoms. The smallest absolute Gasteiger partial charge is 0.410 e. The fourth-order valence-electron chi connectivity index (χ4n) is 6.75. The number of likely N-dealkylation sites (tertiary alicyclic amines) is 1. The third-order valence-electron chi connectivity index (χ3n) is 9.00. The third kappa shape index (κ3) is 6.71. The molecule has 6 heterocycles. The Morgan fingerprint density at radius 2 is 1.81 bits per heavy atom. The summed E-state index contributed by atoms with van der Waals surface area (Å²) in [7, 11) is 0. The second kappa shape index (κ2) is 12.7. The molecule has 0 aliphatic carbocycles. The van der Waals surface area contributed by atoms with Gasteiger partial charge in [-0.25, -0.2) is 19.4 Å². The summed E-state index contributed by atoms with van der Waals surface area (Å²) in [5, 5.41) is 6.86. The highest BCUT2D eigenvalue weighted by Crippen LogP contribution is 2.41. The van der Waals surface area contributed by atoms with E-state index in [0.717, 1.165) is 73.9 Å². The number of carbonyl (C=O) groups is 1. The van der Waals surface area contributed by atoms with Crippen LogP contribution in [0.4, 0.5) is 10.7 Å². The monoisotopic (exact) mass is 679 g/mol. The molecule has 3 aliphatic rings. The van der Waals surface area contributed by atoms with E-state index in [1.165, 1.54) is 0 Å². The Hall–Kier alpha value is -3.67. The standard InChI is InChI=1S/C34H39Cl2N7O4/c1-33(2,3)47-32(44)41-11-6-10-34(19-41)20-42(21-34)31-38-14-22(15-39-31)30-24-13-23(46-18-25-26(35)16-37-17-27(25)36)8-9-28(24)43(40-30)29-7-4-5-12-45-29/h8-9,13-17,29H,4-7,10-12,18-21H2,1-3H3. The van der Waals surface area contributed by atoms with Crippen LogP contribution in [0, 0.1) is 5.41 Å². The maximum Gasteiger partial charge on any atom is 0.410 e. The summed E-state index contributed by atoms with van der Waals surface area (Å²) in [6.07, 6.45) is 11.4. The third-order valence-corrected chi connectivity index (χ3v) is 9.65. The lowest BCUT2D eigenvalue weighted by Crippen LogP contribution is -2.64. The first-order valence-electron chi connectivity index (χ1n) is 16.2. The number of pyridine rings is 1. The highest BCUT2D eigenvalue weighted by Gasteiger charge is 2.48. The number of ether oxygens (including phenoxy) is 3. The van der Waals surface area contributed by atoms with Crippen molar-refractivity contribution in [2.75, 3.05) is 37.7 Å². The molecule has 0 saturated carbocycles. The van der Waals surface area contributed by atoms with Gasteiger partial charge in [-0.1, -0.05) is 23.2 Å². The fraction of sp³-hybridized carbons (Fsp3) is 0.500. The molecule has 13 heteroatoms. The molecule has 3 aromatic heterocycles. The molecule has 1 aromatic carbocycles. The van der Waals surface area contributed by atoms with Crippen LogP contribution >= 0.6 is 23.2 Å². The molecular weight excluding hydrogens is 641 g/mol. The number of aromatic nitrogens is 5. The van der Waals surface area contributed by atoms with E-state index < -0.39 is 5.60 Å². The molecule has 3 fully saturated rings. The lowest BCUT2D eigenvalue weighted by atomic mass is 9.73. The van der Waals surface area contributed by atoms with Crippen molar-refractivity contribution >= 4 is 46.1 Å². The van der Waals surface area contributed by atoms with Gasteiger partial charge in [0.2, 0.25) is 5.95 Å². The number of halogens is 2. The molecule has 0 radical (unpaired) electrons. The lowest BCUT2D eigenvalue weighted by molar-refractivity contribution is -0.0365. The molecule has 7 rings (SSSR count). The summed E-state index contributed by atoms with van der Waals surface area (Å²) in [5.74, 6) is 1.33. The van der Waals surface area contributed by atoms with Crippen molar-refractivity contribution in [3.05, 3.63) is 58.6 Å². The highest BCUT2D eigenvalue weighted by molar-refractivity contribution is 6.35. The number of benzene rings is 1. The second-order valence-electron chi connectivity index (χ2n) is 13.8. The molecule has 3 saturated heterocycles. The van der Waals surface area contributed by atoms with Gasteiger partial charge in [0, 0.05) is 79.5 Å². The van der Waals surface area contributed by atoms with Gasteiger partial charge in [-0.3, -0.25) is 4.98 Å². The molecule has 0 N–H and O–H groups in total. The normalized spacial score (nSPS) is 19.6. The van der Waals surface area contributed by atoms with Crippen LogP contribution in [0.25, 0.3) is 22.2 Å².